The molecule has 174 valence electrons. The van der Waals surface area contributed by atoms with Gasteiger partial charge < -0.3 is 0 Å². The van der Waals surface area contributed by atoms with E-state index in [1.54, 1.807) is 0 Å². The van der Waals surface area contributed by atoms with Crippen molar-refractivity contribution >= 4 is 10.8 Å². The Labute approximate surface area is 204 Å². The quantitative estimate of drug-likeness (QED) is 0.249. The molecular weight excluding hydrogens is 415 g/mol. The fourth-order valence-electron chi connectivity index (χ4n) is 5.13. The number of fused-ring (bicyclic) bond motifs is 1. The highest BCUT2D eigenvalue weighted by molar-refractivity contribution is 5.85. The summed E-state index contributed by atoms with van der Waals surface area (Å²) in [6.45, 7) is 5.86. The lowest BCUT2D eigenvalue weighted by atomic mass is 9.76. The molecule has 0 saturated heterocycles. The predicted molar refractivity (Wildman–Crippen MR) is 144 cm³/mol. The summed E-state index contributed by atoms with van der Waals surface area (Å²) in [7, 11) is 0. The number of halogens is 1. The van der Waals surface area contributed by atoms with Gasteiger partial charge in [-0.1, -0.05) is 60.4 Å². The molecule has 0 spiro atoms. The Morgan fingerprint density at radius 2 is 1.65 bits per heavy atom. The Hall–Kier alpha value is -3.11. The van der Waals surface area contributed by atoms with Crippen LogP contribution in [0.3, 0.4) is 0 Å². The Balaban J connectivity index is 1.44. The Morgan fingerprint density at radius 1 is 0.912 bits per heavy atom. The van der Waals surface area contributed by atoms with Crippen LogP contribution in [0.2, 0.25) is 0 Å². The molecule has 1 heteroatoms. The molecule has 4 rings (SSSR count). The minimum atomic E-state index is -0.0375. The smallest absolute Gasteiger partial charge is 0.134 e. The van der Waals surface area contributed by atoms with Crippen molar-refractivity contribution in [3.05, 3.63) is 107 Å². The van der Waals surface area contributed by atoms with E-state index >= 15 is 4.39 Å². The average Bonchev–Trinajstić information content (AvgIpc) is 2.88. The molecule has 0 radical (unpaired) electrons. The fourth-order valence-corrected chi connectivity index (χ4v) is 5.13. The normalized spacial score (nSPS) is 18.1. The molecule has 0 heterocycles. The molecule has 0 atom stereocenters. The lowest BCUT2D eigenvalue weighted by Gasteiger charge is -2.29. The third-order valence-electron chi connectivity index (χ3n) is 7.19. The largest absolute Gasteiger partial charge is 0.206 e. The number of aryl methyl sites for hydroxylation is 1. The number of rotatable bonds is 7. The molecule has 0 bridgehead atoms. The van der Waals surface area contributed by atoms with E-state index in [1.807, 2.05) is 30.3 Å². The zero-order valence-electron chi connectivity index (χ0n) is 20.3. The minimum absolute atomic E-state index is 0.0375. The average molecular weight is 451 g/mol. The van der Waals surface area contributed by atoms with Crippen LogP contribution in [0, 0.1) is 23.6 Å². The number of benzene rings is 3. The molecule has 1 aliphatic rings. The van der Waals surface area contributed by atoms with Gasteiger partial charge in [0.2, 0.25) is 0 Å². The molecule has 0 aromatic heterocycles. The topological polar surface area (TPSA) is 0 Å². The third-order valence-corrected chi connectivity index (χ3v) is 7.19. The SMILES string of the molecule is C=CCCc1ccc(C#Cc2ccc3c(F)c(C4CCC(CC/C=C/C)CC4)ccc3c2)cc1. The lowest BCUT2D eigenvalue weighted by Crippen LogP contribution is -2.14. The maximum absolute atomic E-state index is 15.5. The van der Waals surface area contributed by atoms with Crippen LogP contribution in [0.25, 0.3) is 10.8 Å². The summed E-state index contributed by atoms with van der Waals surface area (Å²) in [5, 5.41) is 1.64. The molecular formula is C33H35F. The summed E-state index contributed by atoms with van der Waals surface area (Å²) in [4.78, 5) is 0. The number of hydrogen-bond acceptors (Lipinski definition) is 0. The summed E-state index contributed by atoms with van der Waals surface area (Å²) >= 11 is 0. The molecule has 1 fully saturated rings. The molecule has 0 amide bonds. The summed E-state index contributed by atoms with van der Waals surface area (Å²) in [6.07, 6.45) is 15.4. The summed E-state index contributed by atoms with van der Waals surface area (Å²) in [6, 6.07) is 18.3. The van der Waals surface area contributed by atoms with Gasteiger partial charge in [-0.05, 0) is 111 Å². The van der Waals surface area contributed by atoms with Crippen LogP contribution in [0.5, 0.6) is 0 Å². The van der Waals surface area contributed by atoms with Gasteiger partial charge in [-0.3, -0.25) is 0 Å². The van der Waals surface area contributed by atoms with Crippen molar-refractivity contribution < 1.29 is 4.39 Å². The van der Waals surface area contributed by atoms with Gasteiger partial charge in [0, 0.05) is 16.5 Å². The minimum Gasteiger partial charge on any atom is -0.206 e. The standard InChI is InChI=1S/C33H35F/c1-3-5-7-9-26-16-19-29(20-17-26)31-23-21-30-24-28(18-22-32(30)33(31)34)15-14-27-12-10-25(11-13-27)8-6-4-2/h3-5,10-13,18,21-24,26,29H,2,6-9,16-17,19-20H2,1H3/b5-3+. The van der Waals surface area contributed by atoms with Crippen molar-refractivity contribution in [1.82, 2.24) is 0 Å². The maximum atomic E-state index is 15.5. The molecule has 0 unspecified atom stereocenters. The van der Waals surface area contributed by atoms with Gasteiger partial charge in [-0.2, -0.15) is 0 Å². The van der Waals surface area contributed by atoms with E-state index in [0.717, 1.165) is 53.7 Å². The highest BCUT2D eigenvalue weighted by Crippen LogP contribution is 2.39. The Bertz CT molecular complexity index is 1200. The Morgan fingerprint density at radius 3 is 2.38 bits per heavy atom. The first-order valence-electron chi connectivity index (χ1n) is 12.7. The van der Waals surface area contributed by atoms with Gasteiger partial charge in [-0.15, -0.1) is 6.58 Å². The van der Waals surface area contributed by atoms with Gasteiger partial charge in [0.1, 0.15) is 5.82 Å². The van der Waals surface area contributed by atoms with Crippen LogP contribution in [0.15, 0.2) is 79.4 Å². The molecule has 3 aromatic rings. The third kappa shape index (κ3) is 6.06. The second-order valence-corrected chi connectivity index (χ2v) is 9.54. The first-order chi connectivity index (χ1) is 16.7. The van der Waals surface area contributed by atoms with Crippen LogP contribution in [0.4, 0.5) is 4.39 Å². The van der Waals surface area contributed by atoms with E-state index in [9.17, 15) is 0 Å². The van der Waals surface area contributed by atoms with Gasteiger partial charge in [0.15, 0.2) is 0 Å². The first-order valence-corrected chi connectivity index (χ1v) is 12.7. The van der Waals surface area contributed by atoms with Gasteiger partial charge >= 0.3 is 0 Å². The monoisotopic (exact) mass is 450 g/mol. The highest BCUT2D eigenvalue weighted by Gasteiger charge is 2.24. The molecule has 0 nitrogen and oxygen atoms in total. The van der Waals surface area contributed by atoms with Crippen molar-refractivity contribution in [2.45, 2.75) is 64.2 Å². The van der Waals surface area contributed by atoms with E-state index < -0.39 is 0 Å². The van der Waals surface area contributed by atoms with Crippen molar-refractivity contribution in [2.24, 2.45) is 5.92 Å². The van der Waals surface area contributed by atoms with E-state index in [1.165, 1.54) is 31.2 Å². The second-order valence-electron chi connectivity index (χ2n) is 9.54. The summed E-state index contributed by atoms with van der Waals surface area (Å²) < 4.78 is 15.5. The van der Waals surface area contributed by atoms with E-state index in [2.05, 4.69) is 67.8 Å². The fraction of sp³-hybridized carbons (Fsp3) is 0.333. The highest BCUT2D eigenvalue weighted by atomic mass is 19.1. The van der Waals surface area contributed by atoms with Crippen molar-refractivity contribution in [2.75, 3.05) is 0 Å². The zero-order valence-corrected chi connectivity index (χ0v) is 20.3. The molecule has 0 N–H and O–H groups in total. The summed E-state index contributed by atoms with van der Waals surface area (Å²) in [5.41, 5.74) is 4.10. The first kappa shape index (κ1) is 24.0. The van der Waals surface area contributed by atoms with Crippen molar-refractivity contribution in [3.63, 3.8) is 0 Å². The zero-order chi connectivity index (χ0) is 23.8. The molecule has 3 aromatic carbocycles. The van der Waals surface area contributed by atoms with E-state index in [4.69, 9.17) is 0 Å². The molecule has 1 aliphatic carbocycles. The van der Waals surface area contributed by atoms with Crippen LogP contribution < -0.4 is 0 Å². The van der Waals surface area contributed by atoms with Crippen molar-refractivity contribution in [3.8, 4) is 11.8 Å². The molecule has 34 heavy (non-hydrogen) atoms. The summed E-state index contributed by atoms with van der Waals surface area (Å²) in [5.74, 6) is 7.58. The van der Waals surface area contributed by atoms with Crippen LogP contribution >= 0.6 is 0 Å². The number of allylic oxidation sites excluding steroid dienone is 3. The van der Waals surface area contributed by atoms with Crippen LogP contribution in [-0.2, 0) is 6.42 Å². The molecule has 0 aliphatic heterocycles. The maximum Gasteiger partial charge on any atom is 0.134 e. The lowest BCUT2D eigenvalue weighted by molar-refractivity contribution is 0.308. The van der Waals surface area contributed by atoms with Crippen LogP contribution in [-0.4, -0.2) is 0 Å². The van der Waals surface area contributed by atoms with Gasteiger partial charge in [-0.25, -0.2) is 4.39 Å². The molecule has 1 saturated carbocycles. The Kier molecular flexibility index (Phi) is 8.37. The number of hydrogen-bond donors (Lipinski definition) is 0. The second kappa shape index (κ2) is 11.8. The predicted octanol–water partition coefficient (Wildman–Crippen LogP) is 9.13. The van der Waals surface area contributed by atoms with Gasteiger partial charge in [0.25, 0.3) is 0 Å². The van der Waals surface area contributed by atoms with Crippen LogP contribution in [0.1, 0.15) is 80.0 Å². The van der Waals surface area contributed by atoms with E-state index in [-0.39, 0.29) is 5.82 Å². The van der Waals surface area contributed by atoms with Crippen molar-refractivity contribution in [1.29, 1.82) is 0 Å². The van der Waals surface area contributed by atoms with Gasteiger partial charge in [0.05, 0.1) is 0 Å². The van der Waals surface area contributed by atoms with E-state index in [0.29, 0.717) is 11.3 Å².